The average molecular weight is 395 g/mol. The number of carbonyl (C=O) groups is 1. The Morgan fingerprint density at radius 3 is 2.39 bits per heavy atom. The number of rotatable bonds is 4. The van der Waals surface area contributed by atoms with E-state index in [0.717, 1.165) is 42.9 Å². The van der Waals surface area contributed by atoms with Gasteiger partial charge in [0.05, 0.1) is 6.10 Å². The molecule has 0 aromatic carbocycles. The van der Waals surface area contributed by atoms with Crippen LogP contribution < -0.4 is 6.15 Å². The van der Waals surface area contributed by atoms with Crippen molar-refractivity contribution in [2.24, 2.45) is 46.3 Å². The Balaban J connectivity index is 0.00000225. The van der Waals surface area contributed by atoms with Crippen molar-refractivity contribution < 1.29 is 15.0 Å². The predicted molar refractivity (Wildman–Crippen MR) is 113 cm³/mol. The number of fused-ring (bicyclic) bond motifs is 5. The van der Waals surface area contributed by atoms with E-state index in [9.17, 15) is 9.90 Å². The van der Waals surface area contributed by atoms with E-state index in [1.54, 1.807) is 0 Å². The molecule has 4 aliphatic rings. The van der Waals surface area contributed by atoms with E-state index in [-0.39, 0.29) is 12.3 Å². The number of hydrogen-bond acceptors (Lipinski definition) is 2. The first-order chi connectivity index (χ1) is 12.8. The van der Waals surface area contributed by atoms with Gasteiger partial charge < -0.3 is 16.4 Å². The molecule has 28 heavy (non-hydrogen) atoms. The molecule has 4 nitrogen and oxygen atoms in total. The molecule has 4 aliphatic carbocycles. The smallest absolute Gasteiger partial charge is 0.303 e. The van der Waals surface area contributed by atoms with Crippen molar-refractivity contribution >= 4 is 5.97 Å². The van der Waals surface area contributed by atoms with E-state index in [0.29, 0.717) is 29.1 Å². The largest absolute Gasteiger partial charge is 0.481 e. The summed E-state index contributed by atoms with van der Waals surface area (Å²) >= 11 is 0. The normalized spacial score (nSPS) is 48.6. The van der Waals surface area contributed by atoms with Crippen LogP contribution in [0.2, 0.25) is 0 Å². The highest BCUT2D eigenvalue weighted by molar-refractivity contribution is 5.66. The third kappa shape index (κ3) is 3.43. The van der Waals surface area contributed by atoms with Crippen molar-refractivity contribution in [3.05, 3.63) is 0 Å². The van der Waals surface area contributed by atoms with Crippen LogP contribution in [0.4, 0.5) is 0 Å². The molecule has 0 heterocycles. The maximum atomic E-state index is 11.0. The molecule has 0 unspecified atom stereocenters. The van der Waals surface area contributed by atoms with E-state index in [1.807, 2.05) is 0 Å². The summed E-state index contributed by atoms with van der Waals surface area (Å²) in [5.74, 6) is 3.91. The first kappa shape index (κ1) is 22.1. The summed E-state index contributed by atoms with van der Waals surface area (Å²) in [7, 11) is 0. The monoisotopic (exact) mass is 394 g/mol. The number of carboxylic acid groups (broad SMARTS) is 1. The van der Waals surface area contributed by atoms with Gasteiger partial charge >= 0.3 is 5.97 Å². The molecule has 0 aromatic heterocycles. The van der Waals surface area contributed by atoms with Crippen molar-refractivity contribution in [2.45, 2.75) is 97.5 Å². The standard InChI is InChI=1S/C24H40O3.H3N/c1-15(4-9-22(26)27)19-7-8-20-18-6-5-16-14-17(25)10-12-23(16,2)21(18)11-13-24(19,20)3;/h15-21,25H,4-14H2,1-3H3,(H,26,27);1H3/p+1/t15-,16-,17-,18+,19-,20+,21+,23+,24-;/m1./s1. The Hall–Kier alpha value is -0.610. The van der Waals surface area contributed by atoms with Crippen molar-refractivity contribution in [2.75, 3.05) is 0 Å². The number of aliphatic carboxylic acids is 1. The minimum Gasteiger partial charge on any atom is -0.481 e. The van der Waals surface area contributed by atoms with Crippen LogP contribution >= 0.6 is 0 Å². The van der Waals surface area contributed by atoms with Crippen LogP contribution in [0.5, 0.6) is 0 Å². The van der Waals surface area contributed by atoms with Gasteiger partial charge in [-0.3, -0.25) is 4.79 Å². The molecule has 0 bridgehead atoms. The zero-order chi connectivity index (χ0) is 19.4. The fraction of sp³-hybridized carbons (Fsp3) is 0.958. The molecule has 0 amide bonds. The van der Waals surface area contributed by atoms with Crippen LogP contribution in [0.25, 0.3) is 0 Å². The zero-order valence-electron chi connectivity index (χ0n) is 18.6. The van der Waals surface area contributed by atoms with Crippen molar-refractivity contribution in [3.63, 3.8) is 0 Å². The van der Waals surface area contributed by atoms with Crippen LogP contribution in [0.3, 0.4) is 0 Å². The Kier molecular flexibility index (Phi) is 6.23. The highest BCUT2D eigenvalue weighted by atomic mass is 16.4. The third-order valence-corrected chi connectivity index (χ3v) is 10.2. The lowest BCUT2D eigenvalue weighted by Crippen LogP contribution is -2.54. The summed E-state index contributed by atoms with van der Waals surface area (Å²) in [6, 6.07) is 0. The second kappa shape index (κ2) is 7.91. The van der Waals surface area contributed by atoms with Crippen LogP contribution in [0.1, 0.15) is 91.4 Å². The van der Waals surface area contributed by atoms with E-state index < -0.39 is 5.97 Å². The summed E-state index contributed by atoms with van der Waals surface area (Å²) in [5.41, 5.74) is 0.882. The Morgan fingerprint density at radius 1 is 1.00 bits per heavy atom. The molecule has 0 spiro atoms. The van der Waals surface area contributed by atoms with Gasteiger partial charge in [-0.1, -0.05) is 20.8 Å². The van der Waals surface area contributed by atoms with Crippen LogP contribution in [-0.2, 0) is 4.79 Å². The Bertz CT molecular complexity index is 580. The molecule has 4 rings (SSSR count). The summed E-state index contributed by atoms with van der Waals surface area (Å²) in [6.07, 6.45) is 12.4. The zero-order valence-corrected chi connectivity index (χ0v) is 18.6. The van der Waals surface area contributed by atoms with Gasteiger partial charge in [0, 0.05) is 6.42 Å². The number of aliphatic hydroxyl groups is 1. The SMILES string of the molecule is C[C@H](CCC(=O)O)[C@H]1CC[C@H]2[C@@H]3CC[C@@H]4C[C@H](O)CC[C@]4(C)[C@H]3CC[C@]12C.[NH4+]. The fourth-order valence-corrected chi connectivity index (χ4v) is 8.76. The maximum absolute atomic E-state index is 11.0. The molecule has 4 heteroatoms. The fourth-order valence-electron chi connectivity index (χ4n) is 8.76. The van der Waals surface area contributed by atoms with Crippen LogP contribution in [-0.4, -0.2) is 22.3 Å². The van der Waals surface area contributed by atoms with Gasteiger partial charge in [-0.2, -0.15) is 0 Å². The molecular formula is C24H44NO3+. The van der Waals surface area contributed by atoms with Crippen LogP contribution in [0.15, 0.2) is 0 Å². The van der Waals surface area contributed by atoms with Crippen molar-refractivity contribution in [1.29, 1.82) is 0 Å². The topological polar surface area (TPSA) is 94.0 Å². The molecular weight excluding hydrogens is 350 g/mol. The summed E-state index contributed by atoms with van der Waals surface area (Å²) in [4.78, 5) is 11.0. The maximum Gasteiger partial charge on any atom is 0.303 e. The van der Waals surface area contributed by atoms with Crippen molar-refractivity contribution in [1.82, 2.24) is 6.15 Å². The molecule has 0 aliphatic heterocycles. The van der Waals surface area contributed by atoms with Gasteiger partial charge in [0.1, 0.15) is 0 Å². The first-order valence-electron chi connectivity index (χ1n) is 11.7. The summed E-state index contributed by atoms with van der Waals surface area (Å²) in [6.45, 7) is 7.43. The Morgan fingerprint density at radius 2 is 1.68 bits per heavy atom. The highest BCUT2D eigenvalue weighted by Gasteiger charge is 2.60. The average Bonchev–Trinajstić information content (AvgIpc) is 2.97. The lowest BCUT2D eigenvalue weighted by molar-refractivity contribution is -0.138. The second-order valence-electron chi connectivity index (χ2n) is 11.2. The molecule has 4 saturated carbocycles. The molecule has 4 fully saturated rings. The van der Waals surface area contributed by atoms with E-state index in [1.165, 1.54) is 44.9 Å². The Labute approximate surface area is 171 Å². The lowest BCUT2D eigenvalue weighted by atomic mass is 9.44. The van der Waals surface area contributed by atoms with E-state index in [4.69, 9.17) is 5.11 Å². The van der Waals surface area contributed by atoms with Gasteiger partial charge in [0.25, 0.3) is 0 Å². The summed E-state index contributed by atoms with van der Waals surface area (Å²) in [5, 5.41) is 19.3. The lowest BCUT2D eigenvalue weighted by Gasteiger charge is -2.61. The molecule has 6 N–H and O–H groups in total. The minimum atomic E-state index is -0.643. The van der Waals surface area contributed by atoms with E-state index in [2.05, 4.69) is 20.8 Å². The molecule has 0 saturated heterocycles. The molecule has 162 valence electrons. The molecule has 0 radical (unpaired) electrons. The number of carboxylic acids is 1. The quantitative estimate of drug-likeness (QED) is 0.555. The first-order valence-corrected chi connectivity index (χ1v) is 11.7. The number of aliphatic hydroxyl groups excluding tert-OH is 1. The van der Waals surface area contributed by atoms with Gasteiger partial charge in [-0.05, 0) is 111 Å². The third-order valence-electron chi connectivity index (χ3n) is 10.2. The number of hydrogen-bond donors (Lipinski definition) is 3. The summed E-state index contributed by atoms with van der Waals surface area (Å²) < 4.78 is 0. The van der Waals surface area contributed by atoms with Crippen molar-refractivity contribution in [3.8, 4) is 0 Å². The van der Waals surface area contributed by atoms with Gasteiger partial charge in [-0.25, -0.2) is 0 Å². The highest BCUT2D eigenvalue weighted by Crippen LogP contribution is 2.68. The second-order valence-corrected chi connectivity index (χ2v) is 11.2. The minimum absolute atomic E-state index is 0. The molecule has 9 atom stereocenters. The van der Waals surface area contributed by atoms with Crippen LogP contribution in [0, 0.1) is 46.3 Å². The number of quaternary nitrogens is 1. The molecule has 0 aromatic rings. The predicted octanol–water partition coefficient (Wildman–Crippen LogP) is 5.88. The van der Waals surface area contributed by atoms with Gasteiger partial charge in [0.15, 0.2) is 0 Å². The van der Waals surface area contributed by atoms with Gasteiger partial charge in [0.2, 0.25) is 0 Å². The van der Waals surface area contributed by atoms with E-state index >= 15 is 0 Å². The van der Waals surface area contributed by atoms with Gasteiger partial charge in [-0.15, -0.1) is 0 Å².